The minimum atomic E-state index is -0.720. The van der Waals surface area contributed by atoms with Gasteiger partial charge in [-0.25, -0.2) is 0 Å². The summed E-state index contributed by atoms with van der Waals surface area (Å²) in [5.41, 5.74) is 3.78. The first-order valence-corrected chi connectivity index (χ1v) is 16.4. The van der Waals surface area contributed by atoms with Gasteiger partial charge < -0.3 is 30.1 Å². The Kier molecular flexibility index (Phi) is 9.31. The molecule has 0 aromatic heterocycles. The van der Waals surface area contributed by atoms with Crippen LogP contribution in [0.4, 0.5) is 5.69 Å². The van der Waals surface area contributed by atoms with E-state index < -0.39 is 11.6 Å². The maximum absolute atomic E-state index is 14.2. The Balaban J connectivity index is 1.17. The molecule has 0 unspecified atom stereocenters. The molecule has 242 valence electrons. The number of ether oxygens (including phenoxy) is 1. The predicted octanol–water partition coefficient (Wildman–Crippen LogP) is 3.90. The van der Waals surface area contributed by atoms with Crippen molar-refractivity contribution in [3.63, 3.8) is 0 Å². The summed E-state index contributed by atoms with van der Waals surface area (Å²) < 4.78 is 5.32. The molecule has 0 saturated carbocycles. The maximum atomic E-state index is 14.2. The summed E-state index contributed by atoms with van der Waals surface area (Å²) >= 11 is 0. The minimum absolute atomic E-state index is 0.00253. The highest BCUT2D eigenvalue weighted by molar-refractivity contribution is 5.94. The highest BCUT2D eigenvalue weighted by Crippen LogP contribution is 2.40. The van der Waals surface area contributed by atoms with Gasteiger partial charge in [-0.05, 0) is 74.1 Å². The number of rotatable bonds is 9. The molecule has 3 aromatic carbocycles. The summed E-state index contributed by atoms with van der Waals surface area (Å²) in [6.45, 7) is 6.24. The molecule has 2 fully saturated rings. The topological polar surface area (TPSA) is 94.2 Å². The number of fused-ring (bicyclic) bond motifs is 1. The Labute approximate surface area is 271 Å². The lowest BCUT2D eigenvalue weighted by Crippen LogP contribution is -2.60. The Morgan fingerprint density at radius 1 is 0.957 bits per heavy atom. The van der Waals surface area contributed by atoms with Crippen LogP contribution in [0.1, 0.15) is 49.8 Å². The number of para-hydroxylation sites is 1. The second kappa shape index (κ2) is 13.5. The average molecular weight is 624 g/mol. The molecule has 2 saturated heterocycles. The summed E-state index contributed by atoms with van der Waals surface area (Å²) in [7, 11) is 1.62. The van der Waals surface area contributed by atoms with Crippen molar-refractivity contribution in [3.05, 3.63) is 95.6 Å². The number of anilines is 1. The third-order valence-corrected chi connectivity index (χ3v) is 9.89. The van der Waals surface area contributed by atoms with E-state index >= 15 is 0 Å². The van der Waals surface area contributed by atoms with Crippen molar-refractivity contribution in [3.8, 4) is 5.75 Å². The minimum Gasteiger partial charge on any atom is -0.497 e. The molecule has 3 aliphatic heterocycles. The first-order valence-electron chi connectivity index (χ1n) is 16.4. The van der Waals surface area contributed by atoms with Gasteiger partial charge in [-0.2, -0.15) is 0 Å². The van der Waals surface area contributed by atoms with E-state index in [4.69, 9.17) is 4.74 Å². The molecule has 9 heteroatoms. The average Bonchev–Trinajstić information content (AvgIpc) is 3.36. The normalized spacial score (nSPS) is 19.7. The van der Waals surface area contributed by atoms with Crippen LogP contribution in [0.2, 0.25) is 0 Å². The third kappa shape index (κ3) is 6.47. The molecule has 3 aliphatic rings. The molecule has 0 radical (unpaired) electrons. The van der Waals surface area contributed by atoms with E-state index in [9.17, 15) is 14.4 Å². The summed E-state index contributed by atoms with van der Waals surface area (Å²) in [5, 5.41) is 6.59. The van der Waals surface area contributed by atoms with E-state index in [1.165, 1.54) is 11.1 Å². The number of amides is 3. The van der Waals surface area contributed by atoms with Gasteiger partial charge >= 0.3 is 0 Å². The van der Waals surface area contributed by atoms with Gasteiger partial charge in [0, 0.05) is 50.2 Å². The van der Waals surface area contributed by atoms with E-state index in [1.807, 2.05) is 78.2 Å². The number of piperidine rings is 1. The van der Waals surface area contributed by atoms with Crippen LogP contribution in [0, 0.1) is 0 Å². The monoisotopic (exact) mass is 623 g/mol. The standard InChI is InChI=1S/C37H45N5O4/c1-26(2)41-25-42(31-11-5-4-6-12-31)37(36(41)45)17-19-40(20-18-37)35(44)33(21-27-13-15-32(46-3)16-14-27)39-34(43)23-30-22-28-9-7-8-10-29(28)24-38-30/h4-16,26,30,33,38H,17-25H2,1-3H3,(H,39,43)/t30-,33+/m0/s1. The zero-order valence-electron chi connectivity index (χ0n) is 27.1. The van der Waals surface area contributed by atoms with Crippen LogP contribution in [-0.2, 0) is 33.8 Å². The molecule has 0 aliphatic carbocycles. The smallest absolute Gasteiger partial charge is 0.250 e. The highest BCUT2D eigenvalue weighted by Gasteiger charge is 2.54. The third-order valence-electron chi connectivity index (χ3n) is 9.89. The molecule has 6 rings (SSSR count). The number of hydrogen-bond acceptors (Lipinski definition) is 6. The van der Waals surface area contributed by atoms with Crippen molar-refractivity contribution in [2.24, 2.45) is 0 Å². The van der Waals surface area contributed by atoms with Crippen LogP contribution in [-0.4, -0.2) is 78.1 Å². The van der Waals surface area contributed by atoms with E-state index in [2.05, 4.69) is 39.8 Å². The van der Waals surface area contributed by atoms with Crippen LogP contribution in [0.15, 0.2) is 78.9 Å². The van der Waals surface area contributed by atoms with Crippen molar-refractivity contribution < 1.29 is 19.1 Å². The Bertz CT molecular complexity index is 1530. The van der Waals surface area contributed by atoms with Gasteiger partial charge in [0.2, 0.25) is 17.7 Å². The number of hydrogen-bond donors (Lipinski definition) is 2. The molecular formula is C37H45N5O4. The predicted molar refractivity (Wildman–Crippen MR) is 178 cm³/mol. The van der Waals surface area contributed by atoms with Gasteiger partial charge in [0.15, 0.2) is 0 Å². The van der Waals surface area contributed by atoms with Gasteiger partial charge in [0.1, 0.15) is 17.3 Å². The lowest BCUT2D eigenvalue weighted by Gasteiger charge is -2.44. The summed E-state index contributed by atoms with van der Waals surface area (Å²) in [4.78, 5) is 47.6. The van der Waals surface area contributed by atoms with Gasteiger partial charge in [-0.1, -0.05) is 54.6 Å². The summed E-state index contributed by atoms with van der Waals surface area (Å²) in [6, 6.07) is 25.4. The van der Waals surface area contributed by atoms with Crippen molar-refractivity contribution in [1.82, 2.24) is 20.4 Å². The van der Waals surface area contributed by atoms with E-state index in [0.29, 0.717) is 39.0 Å². The van der Waals surface area contributed by atoms with Gasteiger partial charge in [-0.3, -0.25) is 14.4 Å². The lowest BCUT2D eigenvalue weighted by molar-refractivity contribution is -0.141. The fourth-order valence-electron chi connectivity index (χ4n) is 7.21. The number of carbonyl (C=O) groups is 3. The Hall–Kier alpha value is -4.37. The molecule has 46 heavy (non-hydrogen) atoms. The molecule has 3 aromatic rings. The number of likely N-dealkylation sites (tertiary alicyclic amines) is 1. The number of benzene rings is 3. The first kappa shape index (κ1) is 31.6. The second-order valence-corrected chi connectivity index (χ2v) is 13.1. The molecule has 9 nitrogen and oxygen atoms in total. The van der Waals surface area contributed by atoms with Crippen molar-refractivity contribution in [2.75, 3.05) is 31.8 Å². The van der Waals surface area contributed by atoms with Gasteiger partial charge in [-0.15, -0.1) is 0 Å². The molecule has 0 bridgehead atoms. The second-order valence-electron chi connectivity index (χ2n) is 13.1. The molecule has 2 N–H and O–H groups in total. The van der Waals surface area contributed by atoms with E-state index in [1.54, 1.807) is 7.11 Å². The summed E-state index contributed by atoms with van der Waals surface area (Å²) in [5.74, 6) is 0.604. The zero-order valence-corrected chi connectivity index (χ0v) is 27.1. The van der Waals surface area contributed by atoms with Crippen LogP contribution in [0.3, 0.4) is 0 Å². The maximum Gasteiger partial charge on any atom is 0.250 e. The largest absolute Gasteiger partial charge is 0.497 e. The highest BCUT2D eigenvalue weighted by atomic mass is 16.5. The molecule has 3 amide bonds. The van der Waals surface area contributed by atoms with Crippen molar-refractivity contribution in [2.45, 2.75) is 76.2 Å². The molecular weight excluding hydrogens is 578 g/mol. The molecule has 2 atom stereocenters. The van der Waals surface area contributed by atoms with Crippen LogP contribution >= 0.6 is 0 Å². The summed E-state index contributed by atoms with van der Waals surface area (Å²) in [6.07, 6.45) is 2.49. The number of carbonyl (C=O) groups excluding carboxylic acids is 3. The lowest BCUT2D eigenvalue weighted by atomic mass is 9.85. The fraction of sp³-hybridized carbons (Fsp3) is 0.432. The molecule has 3 heterocycles. The van der Waals surface area contributed by atoms with Crippen molar-refractivity contribution in [1.29, 1.82) is 0 Å². The van der Waals surface area contributed by atoms with Crippen molar-refractivity contribution >= 4 is 23.4 Å². The zero-order chi connectivity index (χ0) is 32.3. The van der Waals surface area contributed by atoms with Crippen LogP contribution < -0.4 is 20.3 Å². The Morgan fingerprint density at radius 2 is 1.63 bits per heavy atom. The number of methoxy groups -OCH3 is 1. The van der Waals surface area contributed by atoms with Gasteiger partial charge in [0.25, 0.3) is 0 Å². The number of nitrogens with one attached hydrogen (secondary N) is 2. The quantitative estimate of drug-likeness (QED) is 0.376. The first-order chi connectivity index (χ1) is 22.3. The van der Waals surface area contributed by atoms with Crippen LogP contribution in [0.25, 0.3) is 0 Å². The Morgan fingerprint density at radius 3 is 2.30 bits per heavy atom. The SMILES string of the molecule is COc1ccc(C[C@@H](NC(=O)C[C@@H]2Cc3ccccc3CN2)C(=O)N2CCC3(CC2)C(=O)N(C(C)C)CN3c2ccccc2)cc1. The van der Waals surface area contributed by atoms with Gasteiger partial charge in [0.05, 0.1) is 13.8 Å². The molecule has 1 spiro atoms. The number of nitrogens with zero attached hydrogens (tertiary/aromatic N) is 3. The van der Waals surface area contributed by atoms with Crippen LogP contribution in [0.5, 0.6) is 5.75 Å². The van der Waals surface area contributed by atoms with E-state index in [-0.39, 0.29) is 36.2 Å². The van der Waals surface area contributed by atoms with E-state index in [0.717, 1.165) is 30.0 Å². The fourth-order valence-corrected chi connectivity index (χ4v) is 7.21.